The maximum atomic E-state index is 10.9. The summed E-state index contributed by atoms with van der Waals surface area (Å²) in [5.41, 5.74) is 0. The van der Waals surface area contributed by atoms with Crippen molar-refractivity contribution in [1.29, 1.82) is 0 Å². The molecule has 20 heteroatoms. The van der Waals surface area contributed by atoms with E-state index in [1.165, 1.54) is 6.92 Å². The first-order valence-electron chi connectivity index (χ1n) is 14.0. The standard InChI is InChI=1S/C24H42O20/c1-5-9(27)13(31)17(35)23(39-5)44-20-19(12(30)7(3-26)40-21(20)37)43-24-18(36)15(33)11(29)8(42-24)4-38-22-16(34)14(32)10(28)6(2-25)41-22/h5-37H,2-4H2,1H3/t5-,6+,7+,8+,9-,10+,11+,12-,13+,14-,15-,16+,17+,18+,19-,20+,21+,22+,23-,24-/m0/s1. The number of rotatable bonds is 9. The van der Waals surface area contributed by atoms with Crippen LogP contribution >= 0.6 is 0 Å². The van der Waals surface area contributed by atoms with E-state index in [1.54, 1.807) is 0 Å². The van der Waals surface area contributed by atoms with E-state index in [1.807, 2.05) is 0 Å². The van der Waals surface area contributed by atoms with Gasteiger partial charge in [0.1, 0.15) is 91.6 Å². The summed E-state index contributed by atoms with van der Waals surface area (Å²) in [7, 11) is 0. The number of hydrogen-bond donors (Lipinski definition) is 13. The van der Waals surface area contributed by atoms with Gasteiger partial charge in [-0.05, 0) is 6.92 Å². The Balaban J connectivity index is 1.49. The molecule has 20 atom stereocenters. The first-order chi connectivity index (χ1) is 20.7. The molecule has 4 rings (SSSR count). The van der Waals surface area contributed by atoms with E-state index in [9.17, 15) is 66.4 Å². The van der Waals surface area contributed by atoms with Gasteiger partial charge in [0.25, 0.3) is 0 Å². The summed E-state index contributed by atoms with van der Waals surface area (Å²) in [6.45, 7) is -0.904. The summed E-state index contributed by atoms with van der Waals surface area (Å²) in [6.07, 6.45) is -34.1. The van der Waals surface area contributed by atoms with Gasteiger partial charge in [-0.15, -0.1) is 0 Å². The third kappa shape index (κ3) is 7.19. The van der Waals surface area contributed by atoms with Gasteiger partial charge in [-0.3, -0.25) is 0 Å². The Morgan fingerprint density at radius 3 is 1.50 bits per heavy atom. The third-order valence-electron chi connectivity index (χ3n) is 8.15. The smallest absolute Gasteiger partial charge is 0.187 e. The Labute approximate surface area is 249 Å². The molecule has 4 aliphatic heterocycles. The van der Waals surface area contributed by atoms with Crippen molar-refractivity contribution in [2.75, 3.05) is 19.8 Å². The highest BCUT2D eigenvalue weighted by molar-refractivity contribution is 4.96. The molecule has 44 heavy (non-hydrogen) atoms. The fourth-order valence-electron chi connectivity index (χ4n) is 5.36. The quantitative estimate of drug-likeness (QED) is 0.110. The lowest BCUT2D eigenvalue weighted by Gasteiger charge is -2.48. The minimum atomic E-state index is -2.00. The monoisotopic (exact) mass is 650 g/mol. The molecule has 4 saturated heterocycles. The number of hydrogen-bond acceptors (Lipinski definition) is 20. The van der Waals surface area contributed by atoms with Gasteiger partial charge in [0.2, 0.25) is 0 Å². The van der Waals surface area contributed by atoms with E-state index in [4.69, 9.17) is 33.2 Å². The van der Waals surface area contributed by atoms with Crippen LogP contribution in [0.1, 0.15) is 6.92 Å². The summed E-state index contributed by atoms with van der Waals surface area (Å²) in [6, 6.07) is 0. The molecule has 0 unspecified atom stereocenters. The lowest BCUT2D eigenvalue weighted by atomic mass is 9.96. The molecule has 0 amide bonds. The maximum absolute atomic E-state index is 10.9. The molecule has 0 saturated carbocycles. The van der Waals surface area contributed by atoms with Crippen molar-refractivity contribution < 1.29 is 99.5 Å². The van der Waals surface area contributed by atoms with Crippen LogP contribution in [-0.4, -0.2) is 209 Å². The molecule has 0 bridgehead atoms. The molecule has 0 aromatic heterocycles. The normalized spacial score (nSPS) is 53.9. The maximum Gasteiger partial charge on any atom is 0.187 e. The van der Waals surface area contributed by atoms with Crippen LogP contribution < -0.4 is 0 Å². The van der Waals surface area contributed by atoms with Crippen LogP contribution in [0.5, 0.6) is 0 Å². The van der Waals surface area contributed by atoms with E-state index >= 15 is 0 Å². The topological polar surface area (TPSA) is 328 Å². The van der Waals surface area contributed by atoms with Crippen molar-refractivity contribution in [1.82, 2.24) is 0 Å². The molecule has 4 aliphatic rings. The van der Waals surface area contributed by atoms with Crippen LogP contribution in [0.3, 0.4) is 0 Å². The van der Waals surface area contributed by atoms with Crippen LogP contribution in [0, 0.1) is 0 Å². The van der Waals surface area contributed by atoms with Gasteiger partial charge in [0.05, 0.1) is 25.9 Å². The molecule has 13 N–H and O–H groups in total. The molecule has 20 nitrogen and oxygen atoms in total. The fraction of sp³-hybridized carbons (Fsp3) is 1.00. The Bertz CT molecular complexity index is 900. The molecule has 0 radical (unpaired) electrons. The molecule has 0 spiro atoms. The van der Waals surface area contributed by atoms with Crippen LogP contribution in [0.4, 0.5) is 0 Å². The Morgan fingerprint density at radius 2 is 0.909 bits per heavy atom. The number of ether oxygens (including phenoxy) is 7. The van der Waals surface area contributed by atoms with Crippen molar-refractivity contribution in [2.45, 2.75) is 130 Å². The van der Waals surface area contributed by atoms with Crippen molar-refractivity contribution >= 4 is 0 Å². The molecule has 4 heterocycles. The van der Waals surface area contributed by atoms with Crippen LogP contribution in [0.15, 0.2) is 0 Å². The largest absolute Gasteiger partial charge is 0.394 e. The lowest BCUT2D eigenvalue weighted by molar-refractivity contribution is -0.388. The van der Waals surface area contributed by atoms with Gasteiger partial charge >= 0.3 is 0 Å². The highest BCUT2D eigenvalue weighted by Gasteiger charge is 2.54. The lowest BCUT2D eigenvalue weighted by Crippen LogP contribution is -2.66. The van der Waals surface area contributed by atoms with Gasteiger partial charge in [-0.1, -0.05) is 0 Å². The second kappa shape index (κ2) is 15.0. The summed E-state index contributed by atoms with van der Waals surface area (Å²) >= 11 is 0. The molecule has 0 aliphatic carbocycles. The summed E-state index contributed by atoms with van der Waals surface area (Å²) in [4.78, 5) is 0. The average Bonchev–Trinajstić information content (AvgIpc) is 3.00. The van der Waals surface area contributed by atoms with E-state index in [0.29, 0.717) is 0 Å². The van der Waals surface area contributed by atoms with Crippen molar-refractivity contribution in [2.24, 2.45) is 0 Å². The average molecular weight is 651 g/mol. The summed E-state index contributed by atoms with van der Waals surface area (Å²) in [5, 5.41) is 133. The molecule has 258 valence electrons. The van der Waals surface area contributed by atoms with Crippen molar-refractivity contribution in [3.05, 3.63) is 0 Å². The van der Waals surface area contributed by atoms with Gasteiger partial charge in [-0.2, -0.15) is 0 Å². The van der Waals surface area contributed by atoms with Crippen LogP contribution in [-0.2, 0) is 33.2 Å². The van der Waals surface area contributed by atoms with E-state index in [0.717, 1.165) is 0 Å². The van der Waals surface area contributed by atoms with Gasteiger partial charge in [-0.25, -0.2) is 0 Å². The molecular formula is C24H42O20. The summed E-state index contributed by atoms with van der Waals surface area (Å²) in [5.74, 6) is 0. The Morgan fingerprint density at radius 1 is 0.455 bits per heavy atom. The molecular weight excluding hydrogens is 608 g/mol. The second-order valence-electron chi connectivity index (χ2n) is 11.2. The fourth-order valence-corrected chi connectivity index (χ4v) is 5.36. The van der Waals surface area contributed by atoms with Gasteiger partial charge < -0.3 is 99.5 Å². The highest BCUT2D eigenvalue weighted by atomic mass is 16.8. The van der Waals surface area contributed by atoms with Crippen molar-refractivity contribution in [3.63, 3.8) is 0 Å². The van der Waals surface area contributed by atoms with Gasteiger partial charge in [0.15, 0.2) is 25.2 Å². The number of aliphatic hydroxyl groups excluding tert-OH is 13. The van der Waals surface area contributed by atoms with Crippen LogP contribution in [0.25, 0.3) is 0 Å². The predicted molar refractivity (Wildman–Crippen MR) is 132 cm³/mol. The predicted octanol–water partition coefficient (Wildman–Crippen LogP) is -8.72. The molecule has 0 aromatic carbocycles. The first-order valence-corrected chi connectivity index (χ1v) is 14.0. The zero-order valence-corrected chi connectivity index (χ0v) is 23.3. The second-order valence-corrected chi connectivity index (χ2v) is 11.2. The SMILES string of the molecule is C[C@@H]1O[C@@H](O[C@@H]2[C@@H](O[C@@H]3O[C@H](CO[C@@H]4O[C@H](CO)[C@@H](O)[C@H](O)[C@H]4O)[C@@H](O)[C@H](O)[C@H]3O)[C@@H](O)[C@@H](CO)O[C@H]2O)[C@H](O)[C@H](O)[C@H]1O. The zero-order valence-electron chi connectivity index (χ0n) is 23.3. The van der Waals surface area contributed by atoms with Crippen molar-refractivity contribution in [3.8, 4) is 0 Å². The van der Waals surface area contributed by atoms with E-state index < -0.39 is 143 Å². The third-order valence-corrected chi connectivity index (χ3v) is 8.15. The molecule has 0 aromatic rings. The minimum Gasteiger partial charge on any atom is -0.394 e. The van der Waals surface area contributed by atoms with E-state index in [2.05, 4.69) is 0 Å². The van der Waals surface area contributed by atoms with E-state index in [-0.39, 0.29) is 0 Å². The van der Waals surface area contributed by atoms with Crippen LogP contribution in [0.2, 0.25) is 0 Å². The zero-order chi connectivity index (χ0) is 32.6. The van der Waals surface area contributed by atoms with Gasteiger partial charge in [0, 0.05) is 0 Å². The minimum absolute atomic E-state index is 0.689. The summed E-state index contributed by atoms with van der Waals surface area (Å²) < 4.78 is 38.0. The highest BCUT2D eigenvalue weighted by Crippen LogP contribution is 2.33. The Hall–Kier alpha value is -0.800. The Kier molecular flexibility index (Phi) is 12.3. The molecule has 4 fully saturated rings. The number of aliphatic hydroxyl groups is 13. The first kappa shape index (κ1) is 36.0.